The molecule has 1 atom stereocenters. The molecule has 7 heteroatoms. The molecule has 0 spiro atoms. The molecule has 37 heavy (non-hydrogen) atoms. The predicted octanol–water partition coefficient (Wildman–Crippen LogP) is 5.87. The molecular formula is C30H36N2O5. The van der Waals surface area contributed by atoms with E-state index in [9.17, 15) is 9.59 Å². The lowest BCUT2D eigenvalue weighted by Gasteiger charge is -2.22. The summed E-state index contributed by atoms with van der Waals surface area (Å²) in [5.41, 5.74) is 1.49. The summed E-state index contributed by atoms with van der Waals surface area (Å²) >= 11 is 0. The Bertz CT molecular complexity index is 1310. The lowest BCUT2D eigenvalue weighted by molar-refractivity contribution is 0.0494. The molecule has 0 heterocycles. The van der Waals surface area contributed by atoms with E-state index >= 15 is 0 Å². The molecule has 0 saturated heterocycles. The first-order valence-corrected chi connectivity index (χ1v) is 12.6. The van der Waals surface area contributed by atoms with Crippen molar-refractivity contribution in [3.63, 3.8) is 0 Å². The van der Waals surface area contributed by atoms with E-state index in [1.54, 1.807) is 13.2 Å². The molecule has 1 saturated carbocycles. The molecule has 1 aliphatic carbocycles. The van der Waals surface area contributed by atoms with Gasteiger partial charge in [-0.15, -0.1) is 0 Å². The number of methoxy groups -OCH3 is 1. The molecule has 4 rings (SSSR count). The second kappa shape index (κ2) is 10.3. The predicted molar refractivity (Wildman–Crippen MR) is 144 cm³/mol. The molecular weight excluding hydrogens is 468 g/mol. The van der Waals surface area contributed by atoms with Gasteiger partial charge in [0.2, 0.25) is 0 Å². The molecule has 0 aromatic heterocycles. The lowest BCUT2D eigenvalue weighted by Crippen LogP contribution is -2.40. The summed E-state index contributed by atoms with van der Waals surface area (Å²) < 4.78 is 16.7. The lowest BCUT2D eigenvalue weighted by atomic mass is 9.95. The highest BCUT2D eigenvalue weighted by atomic mass is 16.6. The number of aryl methyl sites for hydroxylation is 1. The maximum atomic E-state index is 13.5. The number of hydrogen-bond acceptors (Lipinski definition) is 5. The van der Waals surface area contributed by atoms with Crippen molar-refractivity contribution in [3.8, 4) is 11.5 Å². The molecule has 0 aliphatic heterocycles. The second-order valence-corrected chi connectivity index (χ2v) is 10.8. The highest BCUT2D eigenvalue weighted by molar-refractivity contribution is 5.98. The van der Waals surface area contributed by atoms with Crippen LogP contribution >= 0.6 is 0 Å². The van der Waals surface area contributed by atoms with Crippen molar-refractivity contribution in [3.05, 3.63) is 71.3 Å². The van der Waals surface area contributed by atoms with Crippen molar-refractivity contribution in [1.82, 2.24) is 10.6 Å². The second-order valence-electron chi connectivity index (χ2n) is 10.8. The van der Waals surface area contributed by atoms with Crippen molar-refractivity contribution in [2.24, 2.45) is 0 Å². The van der Waals surface area contributed by atoms with Gasteiger partial charge in [0, 0.05) is 5.56 Å². The number of carbonyl (C=O) groups excluding carboxylic acids is 2. The van der Waals surface area contributed by atoms with E-state index in [1.165, 1.54) is 0 Å². The van der Waals surface area contributed by atoms with Crippen LogP contribution in [0.15, 0.2) is 54.6 Å². The summed E-state index contributed by atoms with van der Waals surface area (Å²) in [4.78, 5) is 25.5. The molecule has 3 aromatic rings. The Morgan fingerprint density at radius 3 is 2.43 bits per heavy atom. The third-order valence-corrected chi connectivity index (χ3v) is 6.41. The fourth-order valence-electron chi connectivity index (χ4n) is 4.38. The van der Waals surface area contributed by atoms with Crippen molar-refractivity contribution in [2.75, 3.05) is 13.7 Å². The monoisotopic (exact) mass is 504 g/mol. The highest BCUT2D eigenvalue weighted by Gasteiger charge is 2.47. The van der Waals surface area contributed by atoms with E-state index < -0.39 is 17.2 Å². The van der Waals surface area contributed by atoms with Crippen LogP contribution in [0.25, 0.3) is 10.8 Å². The number of ether oxygens (including phenoxy) is 3. The van der Waals surface area contributed by atoms with Crippen molar-refractivity contribution in [1.29, 1.82) is 0 Å². The third kappa shape index (κ3) is 6.34. The zero-order valence-electron chi connectivity index (χ0n) is 22.4. The van der Waals surface area contributed by atoms with E-state index in [0.29, 0.717) is 11.3 Å². The minimum absolute atomic E-state index is 0.146. The molecule has 3 aromatic carbocycles. The van der Waals surface area contributed by atoms with Gasteiger partial charge in [-0.1, -0.05) is 30.3 Å². The Hall–Kier alpha value is -3.74. The van der Waals surface area contributed by atoms with Crippen LogP contribution in [-0.4, -0.2) is 37.4 Å². The Labute approximate surface area is 218 Å². The Kier molecular flexibility index (Phi) is 7.35. The van der Waals surface area contributed by atoms with E-state index in [0.717, 1.165) is 40.5 Å². The molecule has 0 radical (unpaired) electrons. The first kappa shape index (κ1) is 26.3. The number of nitrogens with one attached hydrogen (secondary N) is 2. The number of benzene rings is 3. The average Bonchev–Trinajstić information content (AvgIpc) is 3.61. The summed E-state index contributed by atoms with van der Waals surface area (Å²) in [6.45, 7) is 9.43. The van der Waals surface area contributed by atoms with Gasteiger partial charge in [-0.2, -0.15) is 0 Å². The van der Waals surface area contributed by atoms with E-state index in [4.69, 9.17) is 14.2 Å². The van der Waals surface area contributed by atoms with Gasteiger partial charge in [0.05, 0.1) is 18.7 Å². The summed E-state index contributed by atoms with van der Waals surface area (Å²) in [7, 11) is 1.66. The third-order valence-electron chi connectivity index (χ3n) is 6.41. The average molecular weight is 505 g/mol. The van der Waals surface area contributed by atoms with Gasteiger partial charge in [0.25, 0.3) is 5.91 Å². The standard InChI is InChI=1S/C30H36N2O5/c1-19-11-12-22(36-18-20(2)31-28(34)37-29(3,4)5)16-25(19)27(33)32-30(13-14-30)26-17-23(35-6)15-21-9-7-8-10-24(21)26/h7-12,15-17,20H,13-14,18H2,1-6H3,(H,31,34)(H,32,33). The number of amides is 2. The number of rotatable bonds is 8. The molecule has 1 fully saturated rings. The zero-order valence-corrected chi connectivity index (χ0v) is 22.4. The number of carbonyl (C=O) groups is 2. The molecule has 0 bridgehead atoms. The normalized spacial score (nSPS) is 15.0. The van der Waals surface area contributed by atoms with Crippen LogP contribution in [-0.2, 0) is 10.3 Å². The number of hydrogen-bond donors (Lipinski definition) is 2. The summed E-state index contributed by atoms with van der Waals surface area (Å²) in [5.74, 6) is 1.19. The summed E-state index contributed by atoms with van der Waals surface area (Å²) in [6, 6.07) is 17.4. The van der Waals surface area contributed by atoms with Crippen molar-refractivity contribution in [2.45, 2.75) is 64.6 Å². The Balaban J connectivity index is 1.47. The number of fused-ring (bicyclic) bond motifs is 1. The highest BCUT2D eigenvalue weighted by Crippen LogP contribution is 2.49. The summed E-state index contributed by atoms with van der Waals surface area (Å²) in [5, 5.41) is 8.26. The summed E-state index contributed by atoms with van der Waals surface area (Å²) in [6.07, 6.45) is 1.23. The van der Waals surface area contributed by atoms with Crippen LogP contribution in [0, 0.1) is 6.92 Å². The minimum atomic E-state index is -0.569. The zero-order chi connectivity index (χ0) is 26.8. The SMILES string of the molecule is COc1cc(C2(NC(=O)c3cc(OCC(C)NC(=O)OC(C)(C)C)ccc3C)CC2)c2ccccc2c1. The van der Waals surface area contributed by atoms with Crippen LogP contribution in [0.1, 0.15) is 62.0 Å². The van der Waals surface area contributed by atoms with Gasteiger partial charge < -0.3 is 24.8 Å². The largest absolute Gasteiger partial charge is 0.497 e. The van der Waals surface area contributed by atoms with Crippen LogP contribution in [0.2, 0.25) is 0 Å². The topological polar surface area (TPSA) is 85.9 Å². The van der Waals surface area contributed by atoms with Gasteiger partial charge in [0.1, 0.15) is 23.7 Å². The fourth-order valence-corrected chi connectivity index (χ4v) is 4.38. The quantitative estimate of drug-likeness (QED) is 0.401. The van der Waals surface area contributed by atoms with Gasteiger partial charge in [0.15, 0.2) is 0 Å². The molecule has 7 nitrogen and oxygen atoms in total. The first-order chi connectivity index (χ1) is 17.5. The fraction of sp³-hybridized carbons (Fsp3) is 0.400. The van der Waals surface area contributed by atoms with Crippen LogP contribution in [0.4, 0.5) is 4.79 Å². The van der Waals surface area contributed by atoms with E-state index in [2.05, 4.69) is 22.8 Å². The van der Waals surface area contributed by atoms with Crippen LogP contribution in [0.3, 0.4) is 0 Å². The smallest absolute Gasteiger partial charge is 0.407 e. The minimum Gasteiger partial charge on any atom is -0.497 e. The maximum Gasteiger partial charge on any atom is 0.407 e. The Morgan fingerprint density at radius 2 is 1.76 bits per heavy atom. The van der Waals surface area contributed by atoms with Gasteiger partial charge in [-0.05, 0) is 93.6 Å². The molecule has 196 valence electrons. The van der Waals surface area contributed by atoms with Gasteiger partial charge >= 0.3 is 6.09 Å². The first-order valence-electron chi connectivity index (χ1n) is 12.6. The van der Waals surface area contributed by atoms with Crippen LogP contribution in [0.5, 0.6) is 11.5 Å². The van der Waals surface area contributed by atoms with Gasteiger partial charge in [-0.25, -0.2) is 4.79 Å². The maximum absolute atomic E-state index is 13.5. The molecule has 1 aliphatic rings. The number of alkyl carbamates (subject to hydrolysis) is 1. The molecule has 2 N–H and O–H groups in total. The van der Waals surface area contributed by atoms with E-state index in [-0.39, 0.29) is 18.6 Å². The van der Waals surface area contributed by atoms with Gasteiger partial charge in [-0.3, -0.25) is 4.79 Å². The van der Waals surface area contributed by atoms with Crippen molar-refractivity contribution < 1.29 is 23.8 Å². The Morgan fingerprint density at radius 1 is 1.03 bits per heavy atom. The van der Waals surface area contributed by atoms with Crippen LogP contribution < -0.4 is 20.1 Å². The molecule has 1 unspecified atom stereocenters. The van der Waals surface area contributed by atoms with Crippen molar-refractivity contribution >= 4 is 22.8 Å². The van der Waals surface area contributed by atoms with E-state index in [1.807, 2.05) is 71.0 Å². The molecule has 2 amide bonds.